The number of rotatable bonds is 9. The number of hydrogen-bond donors (Lipinski definition) is 2. The lowest BCUT2D eigenvalue weighted by Crippen LogP contribution is -2.33. The van der Waals surface area contributed by atoms with Gasteiger partial charge in [-0.25, -0.2) is 13.1 Å². The van der Waals surface area contributed by atoms with Crippen LogP contribution in [-0.2, 0) is 14.8 Å². The summed E-state index contributed by atoms with van der Waals surface area (Å²) in [5, 5.41) is 9.70. The number of methoxy groups -OCH3 is 1. The molecule has 0 aliphatic heterocycles. The van der Waals surface area contributed by atoms with Crippen LogP contribution in [0.4, 0.5) is 0 Å². The molecule has 7 heteroatoms. The SMILES string of the molecule is COCCOc1ccc(S(=O)(=O)NCC(O)C2CC2)cc1. The van der Waals surface area contributed by atoms with Gasteiger partial charge in [0, 0.05) is 13.7 Å². The van der Waals surface area contributed by atoms with E-state index >= 15 is 0 Å². The zero-order chi connectivity index (χ0) is 15.3. The number of benzene rings is 1. The number of nitrogens with one attached hydrogen (secondary N) is 1. The molecule has 118 valence electrons. The van der Waals surface area contributed by atoms with Crippen molar-refractivity contribution in [1.82, 2.24) is 4.72 Å². The Labute approximate surface area is 125 Å². The number of aliphatic hydroxyl groups is 1. The Morgan fingerprint density at radius 2 is 1.95 bits per heavy atom. The van der Waals surface area contributed by atoms with Gasteiger partial charge in [0.05, 0.1) is 17.6 Å². The molecule has 1 aromatic carbocycles. The largest absolute Gasteiger partial charge is 0.491 e. The summed E-state index contributed by atoms with van der Waals surface area (Å²) >= 11 is 0. The summed E-state index contributed by atoms with van der Waals surface area (Å²) in [7, 11) is -2.01. The Morgan fingerprint density at radius 3 is 2.52 bits per heavy atom. The first kappa shape index (κ1) is 16.2. The molecule has 2 N–H and O–H groups in total. The third-order valence-electron chi connectivity index (χ3n) is 3.34. The molecule has 0 heterocycles. The van der Waals surface area contributed by atoms with E-state index < -0.39 is 16.1 Å². The van der Waals surface area contributed by atoms with Crippen LogP contribution >= 0.6 is 0 Å². The Bertz CT molecular complexity index is 539. The van der Waals surface area contributed by atoms with Gasteiger partial charge in [-0.15, -0.1) is 0 Å². The molecule has 1 fully saturated rings. The lowest BCUT2D eigenvalue weighted by Gasteiger charge is -2.12. The van der Waals surface area contributed by atoms with E-state index in [0.29, 0.717) is 19.0 Å². The highest BCUT2D eigenvalue weighted by Crippen LogP contribution is 2.32. The lowest BCUT2D eigenvalue weighted by atomic mass is 10.2. The van der Waals surface area contributed by atoms with Crippen LogP contribution in [0.25, 0.3) is 0 Å². The van der Waals surface area contributed by atoms with E-state index in [9.17, 15) is 13.5 Å². The van der Waals surface area contributed by atoms with Crippen LogP contribution in [-0.4, -0.2) is 46.5 Å². The normalized spacial score (nSPS) is 16.7. The molecule has 0 spiro atoms. The van der Waals surface area contributed by atoms with Crippen LogP contribution < -0.4 is 9.46 Å². The van der Waals surface area contributed by atoms with Crippen molar-refractivity contribution in [1.29, 1.82) is 0 Å². The van der Waals surface area contributed by atoms with Crippen LogP contribution in [0.2, 0.25) is 0 Å². The molecule has 6 nitrogen and oxygen atoms in total. The Balaban J connectivity index is 1.89. The van der Waals surface area contributed by atoms with Gasteiger partial charge in [-0.1, -0.05) is 0 Å². The molecule has 0 bridgehead atoms. The summed E-state index contributed by atoms with van der Waals surface area (Å²) in [6.45, 7) is 0.939. The topological polar surface area (TPSA) is 84.9 Å². The molecule has 1 saturated carbocycles. The minimum Gasteiger partial charge on any atom is -0.491 e. The van der Waals surface area contributed by atoms with E-state index in [0.717, 1.165) is 12.8 Å². The Kier molecular flexibility index (Phi) is 5.58. The van der Waals surface area contributed by atoms with Crippen molar-refractivity contribution in [3.05, 3.63) is 24.3 Å². The van der Waals surface area contributed by atoms with E-state index in [1.165, 1.54) is 12.1 Å². The molecular formula is C14H21NO5S. The van der Waals surface area contributed by atoms with Gasteiger partial charge in [-0.3, -0.25) is 0 Å². The van der Waals surface area contributed by atoms with Gasteiger partial charge in [0.2, 0.25) is 10.0 Å². The zero-order valence-corrected chi connectivity index (χ0v) is 12.8. The Morgan fingerprint density at radius 1 is 1.29 bits per heavy atom. The van der Waals surface area contributed by atoms with Gasteiger partial charge in [0.25, 0.3) is 0 Å². The second-order valence-electron chi connectivity index (χ2n) is 5.07. The number of hydrogen-bond acceptors (Lipinski definition) is 5. The van der Waals surface area contributed by atoms with Crippen molar-refractivity contribution in [2.45, 2.75) is 23.8 Å². The van der Waals surface area contributed by atoms with Crippen LogP contribution in [0.5, 0.6) is 5.75 Å². The predicted octanol–water partition coefficient (Wildman–Crippen LogP) is 0.761. The second-order valence-corrected chi connectivity index (χ2v) is 6.84. The molecule has 1 aliphatic carbocycles. The van der Waals surface area contributed by atoms with E-state index in [2.05, 4.69) is 4.72 Å². The van der Waals surface area contributed by atoms with E-state index in [4.69, 9.17) is 9.47 Å². The minimum atomic E-state index is -3.59. The third-order valence-corrected chi connectivity index (χ3v) is 4.78. The molecule has 1 unspecified atom stereocenters. The average molecular weight is 315 g/mol. The molecule has 21 heavy (non-hydrogen) atoms. The monoisotopic (exact) mass is 315 g/mol. The van der Waals surface area contributed by atoms with Gasteiger partial charge in [-0.05, 0) is 43.0 Å². The first-order valence-corrected chi connectivity index (χ1v) is 8.41. The van der Waals surface area contributed by atoms with Crippen LogP contribution in [0.15, 0.2) is 29.2 Å². The summed E-state index contributed by atoms with van der Waals surface area (Å²) < 4.78 is 36.8. The molecule has 2 rings (SSSR count). The maximum absolute atomic E-state index is 12.1. The van der Waals surface area contributed by atoms with Gasteiger partial charge in [-0.2, -0.15) is 0 Å². The smallest absolute Gasteiger partial charge is 0.240 e. The summed E-state index contributed by atoms with van der Waals surface area (Å²) in [5.74, 6) is 0.827. The number of ether oxygens (including phenoxy) is 2. The van der Waals surface area contributed by atoms with Gasteiger partial charge < -0.3 is 14.6 Å². The van der Waals surface area contributed by atoms with E-state index in [1.807, 2.05) is 0 Å². The van der Waals surface area contributed by atoms with Crippen LogP contribution in [0.1, 0.15) is 12.8 Å². The second kappa shape index (κ2) is 7.22. The lowest BCUT2D eigenvalue weighted by molar-refractivity contribution is 0.146. The predicted molar refractivity (Wildman–Crippen MR) is 77.7 cm³/mol. The first-order chi connectivity index (χ1) is 10.0. The molecule has 0 radical (unpaired) electrons. The Hall–Kier alpha value is -1.15. The molecule has 1 aliphatic rings. The minimum absolute atomic E-state index is 0.0547. The summed E-state index contributed by atoms with van der Waals surface area (Å²) in [6, 6.07) is 6.16. The highest BCUT2D eigenvalue weighted by atomic mass is 32.2. The van der Waals surface area contributed by atoms with Crippen LogP contribution in [0.3, 0.4) is 0 Å². The summed E-state index contributed by atoms with van der Waals surface area (Å²) in [4.78, 5) is 0.157. The van der Waals surface area contributed by atoms with E-state index in [1.54, 1.807) is 19.2 Å². The first-order valence-electron chi connectivity index (χ1n) is 6.92. The standard InChI is InChI=1S/C14H21NO5S/c1-19-8-9-20-12-4-6-13(7-5-12)21(17,18)15-10-14(16)11-2-3-11/h4-7,11,14-16H,2-3,8-10H2,1H3. The maximum Gasteiger partial charge on any atom is 0.240 e. The van der Waals surface area contributed by atoms with Crippen molar-refractivity contribution in [3.63, 3.8) is 0 Å². The third kappa shape index (κ3) is 4.96. The van der Waals surface area contributed by atoms with Crippen molar-refractivity contribution < 1.29 is 23.0 Å². The maximum atomic E-state index is 12.1. The summed E-state index contributed by atoms with van der Waals surface area (Å²) in [5.41, 5.74) is 0. The fraction of sp³-hybridized carbons (Fsp3) is 0.571. The molecule has 1 aromatic rings. The van der Waals surface area contributed by atoms with Gasteiger partial charge in [0.1, 0.15) is 12.4 Å². The molecular weight excluding hydrogens is 294 g/mol. The van der Waals surface area contributed by atoms with Crippen molar-refractivity contribution in [3.8, 4) is 5.75 Å². The number of aliphatic hydroxyl groups excluding tert-OH is 1. The highest BCUT2D eigenvalue weighted by molar-refractivity contribution is 7.89. The van der Waals surface area contributed by atoms with Crippen molar-refractivity contribution in [2.75, 3.05) is 26.9 Å². The van der Waals surface area contributed by atoms with Crippen molar-refractivity contribution >= 4 is 10.0 Å². The average Bonchev–Trinajstić information content (AvgIpc) is 3.30. The summed E-state index contributed by atoms with van der Waals surface area (Å²) in [6.07, 6.45) is 1.34. The zero-order valence-electron chi connectivity index (χ0n) is 12.0. The fourth-order valence-electron chi connectivity index (χ4n) is 1.88. The molecule has 0 amide bonds. The molecule has 1 atom stereocenters. The molecule has 0 saturated heterocycles. The van der Waals surface area contributed by atoms with E-state index in [-0.39, 0.29) is 17.4 Å². The van der Waals surface area contributed by atoms with Gasteiger partial charge in [0.15, 0.2) is 0 Å². The fourth-order valence-corrected chi connectivity index (χ4v) is 2.94. The highest BCUT2D eigenvalue weighted by Gasteiger charge is 2.30. The number of sulfonamides is 1. The van der Waals surface area contributed by atoms with Crippen molar-refractivity contribution in [2.24, 2.45) is 5.92 Å². The van der Waals surface area contributed by atoms with Gasteiger partial charge >= 0.3 is 0 Å². The molecule has 0 aromatic heterocycles. The quantitative estimate of drug-likeness (QED) is 0.657. The van der Waals surface area contributed by atoms with Crippen LogP contribution in [0, 0.1) is 5.92 Å².